The van der Waals surface area contributed by atoms with Crippen molar-refractivity contribution >= 4 is 11.8 Å². The molecule has 0 aliphatic carbocycles. The maximum Gasteiger partial charge on any atom is 0.306 e. The summed E-state index contributed by atoms with van der Waals surface area (Å²) in [6.07, 6.45) is 11.4. The third kappa shape index (κ3) is 13.1. The normalized spacial score (nSPS) is 10.8. The molecule has 0 N–H and O–H groups in total. The average Bonchev–Trinajstić information content (AvgIpc) is 2.41. The van der Waals surface area contributed by atoms with Crippen molar-refractivity contribution in [1.82, 2.24) is 0 Å². The Balaban J connectivity index is 3.45. The zero-order chi connectivity index (χ0) is 14.3. The minimum absolute atomic E-state index is 0.180. The molecule has 0 unspecified atom stereocenters. The molecule has 3 heteroatoms. The lowest BCUT2D eigenvalue weighted by atomic mass is 10.1. The van der Waals surface area contributed by atoms with Crippen LogP contribution in [0.4, 0.5) is 0 Å². The van der Waals surface area contributed by atoms with Crippen LogP contribution in [0.2, 0.25) is 0 Å². The summed E-state index contributed by atoms with van der Waals surface area (Å²) >= 11 is 0. The Kier molecular flexibility index (Phi) is 12.5. The van der Waals surface area contributed by atoms with Gasteiger partial charge in [0.15, 0.2) is 0 Å². The smallest absolute Gasteiger partial charge is 0.306 e. The highest BCUT2D eigenvalue weighted by Crippen LogP contribution is 2.06. The van der Waals surface area contributed by atoms with Crippen LogP contribution in [0.15, 0.2) is 12.2 Å². The zero-order valence-corrected chi connectivity index (χ0v) is 12.5. The summed E-state index contributed by atoms with van der Waals surface area (Å²) in [5.41, 5.74) is 0. The van der Waals surface area contributed by atoms with Crippen LogP contribution in [-0.2, 0) is 14.3 Å². The van der Waals surface area contributed by atoms with Crippen LogP contribution in [0.25, 0.3) is 0 Å². The fraction of sp³-hybridized carbons (Fsp3) is 0.750. The van der Waals surface area contributed by atoms with E-state index in [0.717, 1.165) is 25.7 Å². The fourth-order valence-electron chi connectivity index (χ4n) is 1.71. The van der Waals surface area contributed by atoms with Gasteiger partial charge in [-0.15, -0.1) is 0 Å². The minimum atomic E-state index is -0.258. The number of carbonyl (C=O) groups is 2. The molecule has 0 fully saturated rings. The minimum Gasteiger partial charge on any atom is -0.465 e. The highest BCUT2D eigenvalue weighted by molar-refractivity contribution is 5.82. The molecule has 0 radical (unpaired) electrons. The molecule has 19 heavy (non-hydrogen) atoms. The monoisotopic (exact) mass is 268 g/mol. The first kappa shape index (κ1) is 17.9. The van der Waals surface area contributed by atoms with Gasteiger partial charge in [0.1, 0.15) is 5.78 Å². The highest BCUT2D eigenvalue weighted by Gasteiger charge is 2.07. The van der Waals surface area contributed by atoms with Crippen LogP contribution in [0.3, 0.4) is 0 Å². The zero-order valence-electron chi connectivity index (χ0n) is 12.5. The van der Waals surface area contributed by atoms with Gasteiger partial charge in [0.25, 0.3) is 0 Å². The van der Waals surface area contributed by atoms with Crippen LogP contribution in [0, 0.1) is 0 Å². The Hall–Kier alpha value is -1.12. The number of unbranched alkanes of at least 4 members (excludes halogenated alkanes) is 3. The van der Waals surface area contributed by atoms with Crippen molar-refractivity contribution in [3.63, 3.8) is 0 Å². The van der Waals surface area contributed by atoms with Gasteiger partial charge < -0.3 is 4.74 Å². The molecule has 110 valence electrons. The lowest BCUT2D eigenvalue weighted by Gasteiger charge is -2.03. The SMILES string of the molecule is CCC=CCCOC(=O)CCC(=O)CCCCCC. The molecular formula is C16H28O3. The maximum atomic E-state index is 11.5. The van der Waals surface area contributed by atoms with Crippen LogP contribution in [0.5, 0.6) is 0 Å². The first-order valence-corrected chi connectivity index (χ1v) is 7.53. The number of Topliss-reactive ketones (excluding diaryl/α,β-unsaturated/α-hetero) is 1. The van der Waals surface area contributed by atoms with Crippen molar-refractivity contribution in [2.75, 3.05) is 6.61 Å². The molecular weight excluding hydrogens is 240 g/mol. The number of hydrogen-bond acceptors (Lipinski definition) is 3. The molecule has 0 atom stereocenters. The van der Waals surface area contributed by atoms with Gasteiger partial charge in [-0.05, 0) is 19.3 Å². The second-order valence-corrected chi connectivity index (χ2v) is 4.74. The van der Waals surface area contributed by atoms with Gasteiger partial charge in [-0.3, -0.25) is 9.59 Å². The molecule has 0 amide bonds. The van der Waals surface area contributed by atoms with Gasteiger partial charge in [-0.1, -0.05) is 45.3 Å². The van der Waals surface area contributed by atoms with Gasteiger partial charge in [-0.25, -0.2) is 0 Å². The summed E-state index contributed by atoms with van der Waals surface area (Å²) < 4.78 is 5.04. The van der Waals surface area contributed by atoms with E-state index in [9.17, 15) is 9.59 Å². The Morgan fingerprint density at radius 2 is 1.74 bits per heavy atom. The van der Waals surface area contributed by atoms with E-state index >= 15 is 0 Å². The van der Waals surface area contributed by atoms with Crippen LogP contribution >= 0.6 is 0 Å². The van der Waals surface area contributed by atoms with E-state index in [-0.39, 0.29) is 18.2 Å². The highest BCUT2D eigenvalue weighted by atomic mass is 16.5. The second-order valence-electron chi connectivity index (χ2n) is 4.74. The third-order valence-electron chi connectivity index (χ3n) is 2.87. The van der Waals surface area contributed by atoms with Crippen molar-refractivity contribution < 1.29 is 14.3 Å². The molecule has 0 aromatic rings. The first-order chi connectivity index (χ1) is 9.20. The van der Waals surface area contributed by atoms with Crippen molar-refractivity contribution in [2.24, 2.45) is 0 Å². The predicted octanol–water partition coefficient (Wildman–Crippen LogP) is 4.21. The van der Waals surface area contributed by atoms with Gasteiger partial charge in [0, 0.05) is 12.8 Å². The molecule has 0 aromatic carbocycles. The molecule has 0 aromatic heterocycles. The molecule has 0 saturated heterocycles. The number of allylic oxidation sites excluding steroid dienone is 1. The van der Waals surface area contributed by atoms with Crippen molar-refractivity contribution in [3.8, 4) is 0 Å². The third-order valence-corrected chi connectivity index (χ3v) is 2.87. The lowest BCUT2D eigenvalue weighted by Crippen LogP contribution is -2.08. The molecule has 0 spiro atoms. The predicted molar refractivity (Wildman–Crippen MR) is 78.0 cm³/mol. The number of ether oxygens (including phenoxy) is 1. The summed E-state index contributed by atoms with van der Waals surface area (Å²) in [6, 6.07) is 0. The number of hydrogen-bond donors (Lipinski definition) is 0. The first-order valence-electron chi connectivity index (χ1n) is 7.53. The summed E-state index contributed by atoms with van der Waals surface area (Å²) in [4.78, 5) is 22.9. The molecule has 0 rings (SSSR count). The number of rotatable bonds is 12. The topological polar surface area (TPSA) is 43.4 Å². The van der Waals surface area contributed by atoms with E-state index in [1.54, 1.807) is 0 Å². The maximum absolute atomic E-state index is 11.5. The molecule has 0 aliphatic rings. The van der Waals surface area contributed by atoms with Crippen molar-refractivity contribution in [1.29, 1.82) is 0 Å². The molecule has 0 heterocycles. The van der Waals surface area contributed by atoms with Gasteiger partial charge in [0.2, 0.25) is 0 Å². The van der Waals surface area contributed by atoms with Crippen LogP contribution < -0.4 is 0 Å². The summed E-state index contributed by atoms with van der Waals surface area (Å²) in [6.45, 7) is 4.63. The molecule has 0 bridgehead atoms. The molecule has 3 nitrogen and oxygen atoms in total. The number of esters is 1. The van der Waals surface area contributed by atoms with Gasteiger partial charge >= 0.3 is 5.97 Å². The quantitative estimate of drug-likeness (QED) is 0.302. The van der Waals surface area contributed by atoms with E-state index in [1.807, 2.05) is 12.2 Å². The van der Waals surface area contributed by atoms with Crippen molar-refractivity contribution in [2.45, 2.75) is 71.6 Å². The Morgan fingerprint density at radius 3 is 2.42 bits per heavy atom. The van der Waals surface area contributed by atoms with E-state index in [2.05, 4.69) is 13.8 Å². The summed E-state index contributed by atoms with van der Waals surface area (Å²) in [5.74, 6) is -0.0780. The van der Waals surface area contributed by atoms with Crippen LogP contribution in [-0.4, -0.2) is 18.4 Å². The lowest BCUT2D eigenvalue weighted by molar-refractivity contribution is -0.144. The molecule has 0 aliphatic heterocycles. The van der Waals surface area contributed by atoms with Gasteiger partial charge in [0.05, 0.1) is 13.0 Å². The van der Waals surface area contributed by atoms with Gasteiger partial charge in [-0.2, -0.15) is 0 Å². The molecule has 0 saturated carbocycles. The van der Waals surface area contributed by atoms with E-state index in [0.29, 0.717) is 19.4 Å². The summed E-state index contributed by atoms with van der Waals surface area (Å²) in [7, 11) is 0. The average molecular weight is 268 g/mol. The van der Waals surface area contributed by atoms with E-state index in [1.165, 1.54) is 12.8 Å². The number of ketones is 1. The Bertz CT molecular complexity index is 269. The largest absolute Gasteiger partial charge is 0.465 e. The summed E-state index contributed by atoms with van der Waals surface area (Å²) in [5, 5.41) is 0. The van der Waals surface area contributed by atoms with E-state index in [4.69, 9.17) is 4.74 Å². The standard InChI is InChI=1S/C16H28O3/c1-3-5-7-9-11-15(17)12-13-16(18)19-14-10-8-6-4-2/h6,8H,3-5,7,9-14H2,1-2H3. The fourth-order valence-corrected chi connectivity index (χ4v) is 1.71. The Morgan fingerprint density at radius 1 is 0.947 bits per heavy atom. The second kappa shape index (κ2) is 13.3. The Labute approximate surface area is 117 Å². The van der Waals surface area contributed by atoms with Crippen LogP contribution in [0.1, 0.15) is 71.6 Å². The van der Waals surface area contributed by atoms with Crippen molar-refractivity contribution in [3.05, 3.63) is 12.2 Å². The number of carbonyl (C=O) groups excluding carboxylic acids is 2. The van der Waals surface area contributed by atoms with E-state index < -0.39 is 0 Å².